The van der Waals surface area contributed by atoms with E-state index in [0.29, 0.717) is 19.6 Å². The van der Waals surface area contributed by atoms with E-state index in [0.717, 1.165) is 38.6 Å². The van der Waals surface area contributed by atoms with Gasteiger partial charge in [0.2, 0.25) is 0 Å². The second-order valence-electron chi connectivity index (χ2n) is 15.0. The molecule has 0 aliphatic carbocycles. The molecule has 0 aromatic heterocycles. The summed E-state index contributed by atoms with van der Waals surface area (Å²) < 4.78 is 16.4. The van der Waals surface area contributed by atoms with Gasteiger partial charge in [-0.3, -0.25) is 9.59 Å². The zero-order valence-electron chi connectivity index (χ0n) is 33.7. The molecule has 0 saturated carbocycles. The van der Waals surface area contributed by atoms with Gasteiger partial charge in [0.15, 0.2) is 6.10 Å². The zero-order chi connectivity index (χ0) is 36.8. The molecule has 0 aliphatic heterocycles. The number of hydrogen-bond donors (Lipinski definition) is 0. The van der Waals surface area contributed by atoms with Crippen molar-refractivity contribution in [3.63, 3.8) is 0 Å². The number of hydrogen-bond acceptors (Lipinski definition) is 7. The fourth-order valence-corrected chi connectivity index (χ4v) is 6.35. The number of ether oxygens (including phenoxy) is 3. The Labute approximate surface area is 310 Å². The van der Waals surface area contributed by atoms with Crippen LogP contribution in [-0.2, 0) is 28.6 Å². The fraction of sp³-hybridized carbons (Fsp3) is 0.930. The maximum absolute atomic E-state index is 12.9. The van der Waals surface area contributed by atoms with Gasteiger partial charge in [-0.2, -0.15) is 0 Å². The highest BCUT2D eigenvalue weighted by molar-refractivity contribution is 5.80. The Bertz CT molecular complexity index is 758. The minimum absolute atomic E-state index is 0.0300. The maximum Gasteiger partial charge on any atom is 0.347 e. The third kappa shape index (κ3) is 36.2. The van der Waals surface area contributed by atoms with Crippen molar-refractivity contribution >= 4 is 17.9 Å². The first kappa shape index (κ1) is 48.4. The van der Waals surface area contributed by atoms with Crippen LogP contribution < -0.4 is 0 Å². The molecule has 1 unspecified atom stereocenters. The molecule has 0 N–H and O–H groups in total. The summed E-state index contributed by atoms with van der Waals surface area (Å²) in [5.74, 6) is -1.34. The van der Waals surface area contributed by atoms with Crippen molar-refractivity contribution in [2.24, 2.45) is 0 Å². The third-order valence-electron chi connectivity index (χ3n) is 9.64. The van der Waals surface area contributed by atoms with Crippen LogP contribution >= 0.6 is 0 Å². The fourth-order valence-electron chi connectivity index (χ4n) is 6.35. The largest absolute Gasteiger partial charge is 0.466 e. The van der Waals surface area contributed by atoms with Gasteiger partial charge in [0.05, 0.1) is 13.2 Å². The van der Waals surface area contributed by atoms with Crippen LogP contribution in [0.4, 0.5) is 0 Å². The molecule has 0 amide bonds. The van der Waals surface area contributed by atoms with Crippen LogP contribution in [-0.4, -0.2) is 62.8 Å². The summed E-state index contributed by atoms with van der Waals surface area (Å²) in [6, 6.07) is 0. The van der Waals surface area contributed by atoms with Crippen LogP contribution in [0.3, 0.4) is 0 Å². The highest BCUT2D eigenvalue weighted by Gasteiger charge is 2.25. The molecule has 7 nitrogen and oxygen atoms in total. The Balaban J connectivity index is 4.11. The first-order valence-electron chi connectivity index (χ1n) is 21.6. The quantitative estimate of drug-likeness (QED) is 0.0357. The standard InChI is InChI=1S/C43H83NO6/c1-5-7-9-11-13-15-17-19-21-23-25-27-29-31-38-48-41(45)36-35-40(50-42(46)34-33-37-44(3)4)43(47)49-39-32-30-28-26-24-22-20-18-16-14-12-10-8-6-2/h40H,5-39H2,1-4H3. The Kier molecular flexibility index (Phi) is 37.3. The highest BCUT2D eigenvalue weighted by Crippen LogP contribution is 2.15. The van der Waals surface area contributed by atoms with Crippen molar-refractivity contribution in [1.82, 2.24) is 4.90 Å². The van der Waals surface area contributed by atoms with E-state index in [-0.39, 0.29) is 25.2 Å². The van der Waals surface area contributed by atoms with Gasteiger partial charge in [0.25, 0.3) is 0 Å². The van der Waals surface area contributed by atoms with Gasteiger partial charge in [-0.05, 0) is 39.9 Å². The van der Waals surface area contributed by atoms with E-state index in [4.69, 9.17) is 14.2 Å². The summed E-state index contributed by atoms with van der Waals surface area (Å²) >= 11 is 0. The van der Waals surface area contributed by atoms with E-state index in [2.05, 4.69) is 13.8 Å². The lowest BCUT2D eigenvalue weighted by Crippen LogP contribution is -2.30. The summed E-state index contributed by atoms with van der Waals surface area (Å²) in [5.41, 5.74) is 0. The minimum Gasteiger partial charge on any atom is -0.466 e. The minimum atomic E-state index is -1.07. The van der Waals surface area contributed by atoms with E-state index in [1.807, 2.05) is 19.0 Å². The van der Waals surface area contributed by atoms with Crippen molar-refractivity contribution in [2.75, 3.05) is 33.9 Å². The molecule has 0 rings (SSSR count). The van der Waals surface area contributed by atoms with Crippen LogP contribution in [0.15, 0.2) is 0 Å². The summed E-state index contributed by atoms with van der Waals surface area (Å²) in [5, 5.41) is 0. The van der Waals surface area contributed by atoms with Gasteiger partial charge in [0.1, 0.15) is 0 Å². The molecule has 0 aromatic carbocycles. The zero-order valence-corrected chi connectivity index (χ0v) is 33.7. The Hall–Kier alpha value is -1.63. The Morgan fingerprint density at radius 3 is 1.18 bits per heavy atom. The van der Waals surface area contributed by atoms with E-state index in [1.165, 1.54) is 148 Å². The average molecular weight is 710 g/mol. The number of unbranched alkanes of at least 4 members (excludes halogenated alkanes) is 26. The summed E-state index contributed by atoms with van der Waals surface area (Å²) in [6.07, 6.45) is 35.6. The predicted molar refractivity (Wildman–Crippen MR) is 209 cm³/mol. The van der Waals surface area contributed by atoms with Gasteiger partial charge in [0, 0.05) is 19.3 Å². The molecule has 0 bridgehead atoms. The number of nitrogens with zero attached hydrogens (tertiary/aromatic N) is 1. The van der Waals surface area contributed by atoms with Crippen LogP contribution in [0.25, 0.3) is 0 Å². The predicted octanol–water partition coefficient (Wildman–Crippen LogP) is 12.1. The molecular weight excluding hydrogens is 626 g/mol. The van der Waals surface area contributed by atoms with Crippen molar-refractivity contribution in [3.8, 4) is 0 Å². The van der Waals surface area contributed by atoms with E-state index in [1.54, 1.807) is 0 Å². The van der Waals surface area contributed by atoms with Crippen LogP contribution in [0.2, 0.25) is 0 Å². The van der Waals surface area contributed by atoms with Crippen LogP contribution in [0, 0.1) is 0 Å². The molecule has 0 spiro atoms. The molecule has 0 fully saturated rings. The monoisotopic (exact) mass is 710 g/mol. The van der Waals surface area contributed by atoms with Crippen LogP contribution in [0.1, 0.15) is 219 Å². The Morgan fingerprint density at radius 2 is 0.800 bits per heavy atom. The molecule has 0 aromatic rings. The molecule has 0 radical (unpaired) electrons. The summed E-state index contributed by atoms with van der Waals surface area (Å²) in [6.45, 7) is 6.00. The molecular formula is C43H83NO6. The summed E-state index contributed by atoms with van der Waals surface area (Å²) in [4.78, 5) is 39.7. The second kappa shape index (κ2) is 38.6. The van der Waals surface area contributed by atoms with E-state index < -0.39 is 18.0 Å². The van der Waals surface area contributed by atoms with Crippen molar-refractivity contribution in [3.05, 3.63) is 0 Å². The first-order chi connectivity index (χ1) is 24.4. The SMILES string of the molecule is CCCCCCCCCCCCCCCCOC(=O)CCC(OC(=O)CCCN(C)C)C(=O)OCCCCCCCCCCCCCCCC. The van der Waals surface area contributed by atoms with Crippen molar-refractivity contribution in [1.29, 1.82) is 0 Å². The normalized spacial score (nSPS) is 11.9. The molecule has 0 saturated heterocycles. The van der Waals surface area contributed by atoms with Crippen molar-refractivity contribution < 1.29 is 28.6 Å². The number of esters is 3. The molecule has 1 atom stereocenters. The number of carbonyl (C=O) groups is 3. The summed E-state index contributed by atoms with van der Waals surface area (Å²) in [7, 11) is 3.90. The highest BCUT2D eigenvalue weighted by atomic mass is 16.6. The first-order valence-corrected chi connectivity index (χ1v) is 21.6. The molecule has 0 aliphatic rings. The van der Waals surface area contributed by atoms with Gasteiger partial charge < -0.3 is 19.1 Å². The van der Waals surface area contributed by atoms with E-state index in [9.17, 15) is 14.4 Å². The van der Waals surface area contributed by atoms with Crippen LogP contribution in [0.5, 0.6) is 0 Å². The van der Waals surface area contributed by atoms with Gasteiger partial charge >= 0.3 is 17.9 Å². The van der Waals surface area contributed by atoms with Gasteiger partial charge in [-0.25, -0.2) is 4.79 Å². The van der Waals surface area contributed by atoms with Gasteiger partial charge in [-0.1, -0.05) is 181 Å². The molecule has 296 valence electrons. The van der Waals surface area contributed by atoms with E-state index >= 15 is 0 Å². The lowest BCUT2D eigenvalue weighted by molar-refractivity contribution is -0.169. The topological polar surface area (TPSA) is 82.1 Å². The molecule has 0 heterocycles. The number of rotatable bonds is 39. The number of carbonyl (C=O) groups excluding carboxylic acids is 3. The lowest BCUT2D eigenvalue weighted by atomic mass is 10.0. The van der Waals surface area contributed by atoms with Gasteiger partial charge in [-0.15, -0.1) is 0 Å². The lowest BCUT2D eigenvalue weighted by Gasteiger charge is -2.17. The van der Waals surface area contributed by atoms with Crippen molar-refractivity contribution in [2.45, 2.75) is 225 Å². The maximum atomic E-state index is 12.9. The third-order valence-corrected chi connectivity index (χ3v) is 9.64. The molecule has 7 heteroatoms. The smallest absolute Gasteiger partial charge is 0.347 e. The average Bonchev–Trinajstić information content (AvgIpc) is 3.09. The molecule has 50 heavy (non-hydrogen) atoms. The Morgan fingerprint density at radius 1 is 0.440 bits per heavy atom. The second-order valence-corrected chi connectivity index (χ2v) is 15.0.